The highest BCUT2D eigenvalue weighted by Crippen LogP contribution is 2.61. The Hall–Kier alpha value is -1.67. The zero-order valence-corrected chi connectivity index (χ0v) is 23.3. The second kappa shape index (κ2) is 8.42. The van der Waals surface area contributed by atoms with E-state index in [1.54, 1.807) is 0 Å². The van der Waals surface area contributed by atoms with Crippen LogP contribution in [0.15, 0.2) is 22.6 Å². The predicted octanol–water partition coefficient (Wildman–Crippen LogP) is 5.22. The van der Waals surface area contributed by atoms with E-state index >= 15 is 0 Å². The quantitative estimate of drug-likeness (QED) is 0.373. The van der Waals surface area contributed by atoms with Gasteiger partial charge in [0, 0.05) is 6.42 Å². The average molecular weight is 545 g/mol. The standard InChI is InChI=1S/C30H40O7S/c1-29(22-5-16-3-17(7-22)8-23(29)6-16)36-27(31)20-13-21(15-26(14-20)38(33,34)35)28(32)37-30(2)24-9-18-4-19(11-24)12-25(30)10-18/h13-14,16-19,21-25H,3-12,15H2,1-2H3,(H,33,34,35). The molecule has 0 spiro atoms. The van der Waals surface area contributed by atoms with Gasteiger partial charge in [-0.3, -0.25) is 9.35 Å². The Labute approximate surface area is 225 Å². The maximum atomic E-state index is 13.6. The molecule has 0 aromatic carbocycles. The van der Waals surface area contributed by atoms with E-state index < -0.39 is 39.2 Å². The first-order chi connectivity index (χ1) is 17.9. The lowest BCUT2D eigenvalue weighted by Crippen LogP contribution is -2.58. The van der Waals surface area contributed by atoms with E-state index in [1.807, 2.05) is 13.8 Å². The molecular weight excluding hydrogens is 504 g/mol. The van der Waals surface area contributed by atoms with Crippen molar-refractivity contribution in [2.75, 3.05) is 0 Å². The molecule has 0 amide bonds. The van der Waals surface area contributed by atoms with Gasteiger partial charge in [-0.15, -0.1) is 0 Å². The van der Waals surface area contributed by atoms with Crippen LogP contribution in [0.5, 0.6) is 0 Å². The normalized spacial score (nSPS) is 48.4. The van der Waals surface area contributed by atoms with Crippen molar-refractivity contribution in [1.82, 2.24) is 0 Å². The van der Waals surface area contributed by atoms with E-state index in [-0.39, 0.29) is 16.9 Å². The van der Waals surface area contributed by atoms with E-state index in [2.05, 4.69) is 0 Å². The molecule has 8 bridgehead atoms. The maximum Gasteiger partial charge on any atom is 0.338 e. The first-order valence-electron chi connectivity index (χ1n) is 14.8. The third kappa shape index (κ3) is 3.94. The summed E-state index contributed by atoms with van der Waals surface area (Å²) in [7, 11) is -4.58. The Morgan fingerprint density at radius 2 is 1.18 bits per heavy atom. The molecule has 8 fully saturated rings. The van der Waals surface area contributed by atoms with Gasteiger partial charge in [0.1, 0.15) is 11.2 Å². The molecule has 8 heteroatoms. The minimum absolute atomic E-state index is 0.0242. The minimum Gasteiger partial charge on any atom is -0.458 e. The Balaban J connectivity index is 1.13. The molecule has 1 unspecified atom stereocenters. The van der Waals surface area contributed by atoms with Crippen molar-refractivity contribution in [3.63, 3.8) is 0 Å². The summed E-state index contributed by atoms with van der Waals surface area (Å²) in [4.78, 5) is 26.8. The molecule has 9 rings (SSSR count). The molecule has 0 heterocycles. The van der Waals surface area contributed by atoms with E-state index in [1.165, 1.54) is 25.0 Å². The Kier molecular flexibility index (Phi) is 5.61. The van der Waals surface area contributed by atoms with Gasteiger partial charge < -0.3 is 9.47 Å². The Morgan fingerprint density at radius 1 is 0.763 bits per heavy atom. The van der Waals surface area contributed by atoms with E-state index in [4.69, 9.17) is 9.47 Å². The van der Waals surface area contributed by atoms with E-state index in [0.717, 1.165) is 75.0 Å². The molecule has 1 N–H and O–H groups in total. The highest BCUT2D eigenvalue weighted by atomic mass is 32.2. The lowest BCUT2D eigenvalue weighted by Gasteiger charge is -2.59. The largest absolute Gasteiger partial charge is 0.458 e. The van der Waals surface area contributed by atoms with Crippen LogP contribution in [-0.4, -0.2) is 36.1 Å². The van der Waals surface area contributed by atoms with Crippen molar-refractivity contribution >= 4 is 22.1 Å². The second-order valence-corrected chi connectivity index (χ2v) is 15.8. The van der Waals surface area contributed by atoms with Crippen molar-refractivity contribution < 1.29 is 32.0 Å². The molecule has 8 saturated carbocycles. The number of carbonyl (C=O) groups excluding carboxylic acids is 2. The fourth-order valence-electron chi connectivity index (χ4n) is 10.4. The lowest BCUT2D eigenvalue weighted by molar-refractivity contribution is -0.205. The van der Waals surface area contributed by atoms with Gasteiger partial charge in [0.25, 0.3) is 10.1 Å². The molecule has 7 nitrogen and oxygen atoms in total. The van der Waals surface area contributed by atoms with Crippen LogP contribution in [0.2, 0.25) is 0 Å². The van der Waals surface area contributed by atoms with Crippen molar-refractivity contribution in [1.29, 1.82) is 0 Å². The third-order valence-corrected chi connectivity index (χ3v) is 13.1. The first kappa shape index (κ1) is 25.3. The van der Waals surface area contributed by atoms with Crippen LogP contribution < -0.4 is 0 Å². The highest BCUT2D eigenvalue weighted by Gasteiger charge is 2.58. The molecule has 9 aliphatic carbocycles. The number of esters is 2. The van der Waals surface area contributed by atoms with Crippen LogP contribution in [0, 0.1) is 53.3 Å². The maximum absolute atomic E-state index is 13.6. The number of ether oxygens (including phenoxy) is 2. The molecule has 208 valence electrons. The zero-order chi connectivity index (χ0) is 26.6. The van der Waals surface area contributed by atoms with Gasteiger partial charge in [-0.05, 0) is 131 Å². The number of rotatable bonds is 5. The fourth-order valence-corrected chi connectivity index (χ4v) is 11.0. The van der Waals surface area contributed by atoms with E-state index in [9.17, 15) is 22.6 Å². The van der Waals surface area contributed by atoms with Gasteiger partial charge >= 0.3 is 11.9 Å². The fraction of sp³-hybridized carbons (Fsp3) is 0.800. The molecule has 9 aliphatic rings. The summed E-state index contributed by atoms with van der Waals surface area (Å²) < 4.78 is 46.7. The smallest absolute Gasteiger partial charge is 0.338 e. The van der Waals surface area contributed by atoms with Gasteiger partial charge in [0.15, 0.2) is 0 Å². The molecule has 0 saturated heterocycles. The van der Waals surface area contributed by atoms with Crippen LogP contribution in [0.25, 0.3) is 0 Å². The molecule has 0 radical (unpaired) electrons. The summed E-state index contributed by atoms with van der Waals surface area (Å²) in [6.45, 7) is 4.08. The summed E-state index contributed by atoms with van der Waals surface area (Å²) in [6.07, 6.45) is 13.6. The third-order valence-electron chi connectivity index (χ3n) is 12.1. The average Bonchev–Trinajstić information content (AvgIpc) is 2.84. The van der Waals surface area contributed by atoms with E-state index in [0.29, 0.717) is 23.7 Å². The zero-order valence-electron chi connectivity index (χ0n) is 22.4. The number of carbonyl (C=O) groups is 2. The van der Waals surface area contributed by atoms with Crippen molar-refractivity contribution in [3.8, 4) is 0 Å². The second-order valence-electron chi connectivity index (χ2n) is 14.3. The van der Waals surface area contributed by atoms with Crippen LogP contribution in [-0.2, 0) is 29.2 Å². The van der Waals surface area contributed by atoms with Gasteiger partial charge in [-0.25, -0.2) is 4.79 Å². The van der Waals surface area contributed by atoms with Crippen LogP contribution in [0.1, 0.15) is 84.5 Å². The predicted molar refractivity (Wildman–Crippen MR) is 139 cm³/mol. The SMILES string of the molecule is CC1(OC(=O)C2=CC(C(=O)OC3(C)C4CC5CC(C4)CC3C5)CC(S(=O)(=O)O)=C2)C2CC3CC(C2)CC1C3. The van der Waals surface area contributed by atoms with Gasteiger partial charge in [0.2, 0.25) is 0 Å². The summed E-state index contributed by atoms with van der Waals surface area (Å²) >= 11 is 0. The summed E-state index contributed by atoms with van der Waals surface area (Å²) in [5, 5.41) is 0. The molecule has 38 heavy (non-hydrogen) atoms. The number of hydrogen-bond acceptors (Lipinski definition) is 6. The summed E-state index contributed by atoms with van der Waals surface area (Å²) in [5.74, 6) is 2.08. The van der Waals surface area contributed by atoms with Crippen molar-refractivity contribution in [3.05, 3.63) is 22.6 Å². The minimum atomic E-state index is -4.58. The summed E-state index contributed by atoms with van der Waals surface area (Å²) in [5.41, 5.74) is -1.12. The highest BCUT2D eigenvalue weighted by molar-refractivity contribution is 7.89. The Bertz CT molecular complexity index is 1170. The van der Waals surface area contributed by atoms with Gasteiger partial charge in [-0.2, -0.15) is 8.42 Å². The molecule has 0 aromatic rings. The first-order valence-corrected chi connectivity index (χ1v) is 16.2. The van der Waals surface area contributed by atoms with Crippen LogP contribution >= 0.6 is 0 Å². The van der Waals surface area contributed by atoms with Crippen LogP contribution in [0.4, 0.5) is 0 Å². The van der Waals surface area contributed by atoms with Crippen LogP contribution in [0.3, 0.4) is 0 Å². The van der Waals surface area contributed by atoms with Crippen molar-refractivity contribution in [2.45, 2.75) is 95.7 Å². The molecular formula is C30H40O7S. The number of hydrogen-bond donors (Lipinski definition) is 1. The van der Waals surface area contributed by atoms with Gasteiger partial charge in [-0.1, -0.05) is 6.08 Å². The lowest BCUT2D eigenvalue weighted by atomic mass is 9.50. The molecule has 1 atom stereocenters. The Morgan fingerprint density at radius 3 is 1.61 bits per heavy atom. The molecule has 0 aliphatic heterocycles. The number of allylic oxidation sites excluding steroid dienone is 1. The monoisotopic (exact) mass is 544 g/mol. The van der Waals surface area contributed by atoms with Crippen molar-refractivity contribution in [2.24, 2.45) is 53.3 Å². The summed E-state index contributed by atoms with van der Waals surface area (Å²) in [6, 6.07) is 0. The van der Waals surface area contributed by atoms with Gasteiger partial charge in [0.05, 0.1) is 16.4 Å². The topological polar surface area (TPSA) is 107 Å². The molecule has 0 aromatic heterocycles.